The lowest BCUT2D eigenvalue weighted by Gasteiger charge is -2.21. The van der Waals surface area contributed by atoms with Crippen molar-refractivity contribution in [1.82, 2.24) is 0 Å². The monoisotopic (exact) mass is 398 g/mol. The Labute approximate surface area is 167 Å². The Kier molecular flexibility index (Phi) is 6.81. The first-order valence-corrected chi connectivity index (χ1v) is 10.2. The molecule has 6 nitrogen and oxygen atoms in total. The number of Topliss-reactive ketones (excluding diaryl/α,β-unsaturated/α-hetero) is 1. The van der Waals surface area contributed by atoms with Crippen LogP contribution in [0.4, 0.5) is 5.69 Å². The lowest BCUT2D eigenvalue weighted by Crippen LogP contribution is -2.20. The molecule has 7 heteroatoms. The topological polar surface area (TPSA) is 92.8 Å². The highest BCUT2D eigenvalue weighted by atomic mass is 32.2. The van der Waals surface area contributed by atoms with E-state index in [-0.39, 0.29) is 17.2 Å². The van der Waals surface area contributed by atoms with E-state index in [0.717, 1.165) is 22.6 Å². The molecule has 0 bridgehead atoms. The number of carbonyl (C=O) groups excluding carboxylic acids is 1. The van der Waals surface area contributed by atoms with E-state index >= 15 is 0 Å². The van der Waals surface area contributed by atoms with Crippen molar-refractivity contribution in [3.05, 3.63) is 64.2 Å². The zero-order valence-electron chi connectivity index (χ0n) is 15.4. The van der Waals surface area contributed by atoms with Crippen molar-refractivity contribution in [2.24, 2.45) is 11.1 Å². The van der Waals surface area contributed by atoms with Crippen LogP contribution in [0.3, 0.4) is 0 Å². The predicted molar refractivity (Wildman–Crippen MR) is 108 cm³/mol. The molecule has 3 rings (SSSR count). The molecule has 0 atom stereocenters. The van der Waals surface area contributed by atoms with Crippen LogP contribution in [-0.2, 0) is 0 Å². The number of benzene rings is 2. The lowest BCUT2D eigenvalue weighted by atomic mass is 9.84. The van der Waals surface area contributed by atoms with E-state index in [0.29, 0.717) is 17.9 Å². The van der Waals surface area contributed by atoms with E-state index < -0.39 is 4.92 Å². The van der Waals surface area contributed by atoms with Gasteiger partial charge in [-0.3, -0.25) is 14.9 Å². The van der Waals surface area contributed by atoms with Crippen molar-refractivity contribution in [3.63, 3.8) is 0 Å². The number of rotatable bonds is 7. The Balaban J connectivity index is 1.63. The minimum absolute atomic E-state index is 0.0547. The molecule has 2 aromatic rings. The molecule has 1 saturated carbocycles. The third kappa shape index (κ3) is 5.19. The number of hydrogen-bond donors (Lipinski definition) is 1. The van der Waals surface area contributed by atoms with Crippen molar-refractivity contribution >= 4 is 28.9 Å². The zero-order chi connectivity index (χ0) is 19.9. The molecule has 0 spiro atoms. The summed E-state index contributed by atoms with van der Waals surface area (Å²) in [7, 11) is 0. The van der Waals surface area contributed by atoms with Crippen LogP contribution in [0.1, 0.15) is 48.9 Å². The Hall–Kier alpha value is -2.67. The molecule has 0 saturated heterocycles. The first kappa shape index (κ1) is 20.1. The van der Waals surface area contributed by atoms with Crippen LogP contribution >= 0.6 is 11.8 Å². The summed E-state index contributed by atoms with van der Waals surface area (Å²) in [5.41, 5.74) is 0.776. The second-order valence-electron chi connectivity index (χ2n) is 6.96. The quantitative estimate of drug-likeness (QED) is 0.211. The van der Waals surface area contributed by atoms with Crippen molar-refractivity contribution in [3.8, 4) is 0 Å². The molecule has 2 aromatic carbocycles. The van der Waals surface area contributed by atoms with Crippen LogP contribution in [-0.4, -0.2) is 21.6 Å². The predicted octanol–water partition coefficient (Wildman–Crippen LogP) is 5.73. The van der Waals surface area contributed by atoms with Gasteiger partial charge in [-0.25, -0.2) is 0 Å². The van der Waals surface area contributed by atoms with Gasteiger partial charge in [0, 0.05) is 27.5 Å². The summed E-state index contributed by atoms with van der Waals surface area (Å²) in [5.74, 6) is 0.181. The Morgan fingerprint density at radius 3 is 2.14 bits per heavy atom. The number of oxime groups is 1. The summed E-state index contributed by atoms with van der Waals surface area (Å²) >= 11 is 1.46. The highest BCUT2D eigenvalue weighted by molar-refractivity contribution is 7.99. The smallest absolute Gasteiger partial charge is 0.269 e. The fourth-order valence-electron chi connectivity index (χ4n) is 3.46. The standard InChI is InChI=1S/C21H22N2O4S/c24-21(20(22-25)14-15-4-2-1-3-5-15)16-6-10-18(11-7-16)28-19-12-8-17(9-13-19)23(26)27/h6-13,15,25H,1-5,14H2. The molecule has 0 radical (unpaired) electrons. The second-order valence-corrected chi connectivity index (χ2v) is 8.11. The van der Waals surface area contributed by atoms with Crippen LogP contribution in [0.15, 0.2) is 63.5 Å². The van der Waals surface area contributed by atoms with Crippen LogP contribution in [0.5, 0.6) is 0 Å². The maximum Gasteiger partial charge on any atom is 0.269 e. The fourth-order valence-corrected chi connectivity index (χ4v) is 4.27. The van der Waals surface area contributed by atoms with E-state index in [1.807, 2.05) is 12.1 Å². The lowest BCUT2D eigenvalue weighted by molar-refractivity contribution is -0.384. The van der Waals surface area contributed by atoms with Gasteiger partial charge in [0.05, 0.1) is 4.92 Å². The highest BCUT2D eigenvalue weighted by Crippen LogP contribution is 2.30. The van der Waals surface area contributed by atoms with Crippen LogP contribution < -0.4 is 0 Å². The van der Waals surface area contributed by atoms with Gasteiger partial charge in [0.25, 0.3) is 5.69 Å². The summed E-state index contributed by atoms with van der Waals surface area (Å²) in [6.45, 7) is 0. The summed E-state index contributed by atoms with van der Waals surface area (Å²) in [6.07, 6.45) is 6.27. The molecule has 1 aliphatic rings. The van der Waals surface area contributed by atoms with Gasteiger partial charge in [-0.1, -0.05) is 49.0 Å². The maximum atomic E-state index is 12.7. The van der Waals surface area contributed by atoms with Gasteiger partial charge < -0.3 is 5.21 Å². The highest BCUT2D eigenvalue weighted by Gasteiger charge is 2.21. The third-order valence-electron chi connectivity index (χ3n) is 4.99. The molecule has 28 heavy (non-hydrogen) atoms. The molecule has 1 N–H and O–H groups in total. The average Bonchev–Trinajstić information content (AvgIpc) is 2.73. The number of carbonyl (C=O) groups is 1. The molecular formula is C21H22N2O4S. The van der Waals surface area contributed by atoms with Crippen molar-refractivity contribution in [1.29, 1.82) is 0 Å². The molecule has 1 fully saturated rings. The van der Waals surface area contributed by atoms with Crippen LogP contribution in [0.2, 0.25) is 0 Å². The molecule has 146 valence electrons. The summed E-state index contributed by atoms with van der Waals surface area (Å²) in [6, 6.07) is 13.4. The molecule has 0 aliphatic heterocycles. The zero-order valence-corrected chi connectivity index (χ0v) is 16.2. The number of hydrogen-bond acceptors (Lipinski definition) is 6. The Morgan fingerprint density at radius 1 is 1.04 bits per heavy atom. The first-order valence-electron chi connectivity index (χ1n) is 9.35. The van der Waals surface area contributed by atoms with Crippen molar-refractivity contribution in [2.75, 3.05) is 0 Å². The van der Waals surface area contributed by atoms with E-state index in [4.69, 9.17) is 0 Å². The molecule has 0 aromatic heterocycles. The number of nitrogens with zero attached hydrogens (tertiary/aromatic N) is 2. The third-order valence-corrected chi connectivity index (χ3v) is 6.01. The normalized spacial score (nSPS) is 15.4. The number of non-ortho nitro benzene ring substituents is 1. The summed E-state index contributed by atoms with van der Waals surface area (Å²) < 4.78 is 0. The molecule has 1 aliphatic carbocycles. The number of ketones is 1. The fraction of sp³-hybridized carbons (Fsp3) is 0.333. The van der Waals surface area contributed by atoms with Gasteiger partial charge in [0.15, 0.2) is 0 Å². The largest absolute Gasteiger partial charge is 0.411 e. The van der Waals surface area contributed by atoms with Gasteiger partial charge in [0.1, 0.15) is 5.71 Å². The average molecular weight is 398 g/mol. The van der Waals surface area contributed by atoms with Gasteiger partial charge in [-0.15, -0.1) is 0 Å². The Morgan fingerprint density at radius 2 is 1.61 bits per heavy atom. The molecule has 0 heterocycles. The second kappa shape index (κ2) is 9.50. The van der Waals surface area contributed by atoms with E-state index in [9.17, 15) is 20.1 Å². The van der Waals surface area contributed by atoms with Gasteiger partial charge in [-0.2, -0.15) is 0 Å². The summed E-state index contributed by atoms with van der Waals surface area (Å²) in [4.78, 5) is 24.7. The molecule has 0 unspecified atom stereocenters. The van der Waals surface area contributed by atoms with Gasteiger partial charge in [0.2, 0.25) is 5.78 Å². The van der Waals surface area contributed by atoms with Crippen LogP contribution in [0, 0.1) is 16.0 Å². The molecular weight excluding hydrogens is 376 g/mol. The minimum atomic E-state index is -0.428. The summed E-state index contributed by atoms with van der Waals surface area (Å²) in [5, 5.41) is 23.3. The first-order chi connectivity index (χ1) is 13.6. The number of nitro benzene ring substituents is 1. The van der Waals surface area contributed by atoms with Crippen molar-refractivity contribution < 1.29 is 14.9 Å². The maximum absolute atomic E-state index is 12.7. The molecule has 0 amide bonds. The Bertz CT molecular complexity index is 857. The van der Waals surface area contributed by atoms with Gasteiger partial charge >= 0.3 is 0 Å². The van der Waals surface area contributed by atoms with E-state index in [1.165, 1.54) is 43.2 Å². The van der Waals surface area contributed by atoms with E-state index in [2.05, 4.69) is 5.16 Å². The number of nitro groups is 1. The van der Waals surface area contributed by atoms with Crippen molar-refractivity contribution in [2.45, 2.75) is 48.3 Å². The van der Waals surface area contributed by atoms with E-state index in [1.54, 1.807) is 24.3 Å². The minimum Gasteiger partial charge on any atom is -0.411 e. The van der Waals surface area contributed by atoms with Gasteiger partial charge in [-0.05, 0) is 48.7 Å². The van der Waals surface area contributed by atoms with Crippen LogP contribution in [0.25, 0.3) is 0 Å². The SMILES string of the molecule is O=C(C(CC1CCCCC1)=NO)c1ccc(Sc2ccc([N+](=O)[O-])cc2)cc1.